The van der Waals surface area contributed by atoms with Crippen molar-refractivity contribution in [3.05, 3.63) is 47.5 Å². The molecule has 8 N–H and O–H groups in total. The predicted molar refractivity (Wildman–Crippen MR) is 173 cm³/mol. The van der Waals surface area contributed by atoms with Crippen LogP contribution in [-0.4, -0.2) is 96.7 Å². The molecule has 0 aliphatic carbocycles. The van der Waals surface area contributed by atoms with Crippen LogP contribution < -0.4 is 16.0 Å². The van der Waals surface area contributed by atoms with Gasteiger partial charge >= 0.3 is 0 Å². The van der Waals surface area contributed by atoms with Crippen LogP contribution in [0.3, 0.4) is 0 Å². The number of benzene rings is 2. The van der Waals surface area contributed by atoms with E-state index in [1.807, 2.05) is 0 Å². The van der Waals surface area contributed by atoms with E-state index in [9.17, 15) is 39.6 Å². The molecule has 0 saturated carbocycles. The Bertz CT molecular complexity index is 1280. The lowest BCUT2D eigenvalue weighted by atomic mass is 10.1. The van der Waals surface area contributed by atoms with E-state index in [1.54, 1.807) is 27.8 Å². The zero-order valence-corrected chi connectivity index (χ0v) is 27.2. The van der Waals surface area contributed by atoms with Crippen LogP contribution in [-0.2, 0) is 9.59 Å². The van der Waals surface area contributed by atoms with E-state index in [1.165, 1.54) is 36.4 Å². The van der Waals surface area contributed by atoms with Gasteiger partial charge in [0.1, 0.15) is 0 Å². The molecule has 0 heterocycles. The van der Waals surface area contributed by atoms with E-state index in [4.69, 9.17) is 5.21 Å². The molecule has 0 aliphatic heterocycles. The molecular formula is C30H42IN5O9. The van der Waals surface area contributed by atoms with Gasteiger partial charge in [0.15, 0.2) is 23.0 Å². The topological polar surface area (TPSA) is 212 Å². The number of halogens is 1. The fourth-order valence-corrected chi connectivity index (χ4v) is 4.66. The minimum atomic E-state index is -0.575. The quantitative estimate of drug-likeness (QED) is 0.0327. The minimum absolute atomic E-state index is 0.00280. The summed E-state index contributed by atoms with van der Waals surface area (Å²) in [6, 6.07) is 8.17. The minimum Gasteiger partial charge on any atom is -0.504 e. The molecule has 45 heavy (non-hydrogen) atoms. The molecule has 2 aromatic carbocycles. The van der Waals surface area contributed by atoms with Crippen molar-refractivity contribution in [2.24, 2.45) is 0 Å². The summed E-state index contributed by atoms with van der Waals surface area (Å²) < 4.78 is 1.08. The molecule has 0 saturated heterocycles. The number of nitrogens with one attached hydrogen (secondary N) is 3. The molecular weight excluding hydrogens is 701 g/mol. The maximum absolute atomic E-state index is 13.0. The molecule has 0 atom stereocenters. The fraction of sp³-hybridized carbons (Fsp3) is 0.467. The monoisotopic (exact) mass is 743 g/mol. The summed E-state index contributed by atoms with van der Waals surface area (Å²) in [4.78, 5) is 51.6. The van der Waals surface area contributed by atoms with Gasteiger partial charge in [-0.2, -0.15) is 0 Å². The van der Waals surface area contributed by atoms with E-state index in [0.29, 0.717) is 38.9 Å². The number of para-hydroxylation sites is 2. The second-order valence-corrected chi connectivity index (χ2v) is 11.4. The van der Waals surface area contributed by atoms with Crippen LogP contribution in [0.15, 0.2) is 36.4 Å². The number of amides is 4. The highest BCUT2D eigenvalue weighted by molar-refractivity contribution is 14.1. The van der Waals surface area contributed by atoms with Crippen molar-refractivity contribution in [3.63, 3.8) is 0 Å². The van der Waals surface area contributed by atoms with Crippen molar-refractivity contribution < 1.29 is 44.8 Å². The number of hydrogen-bond acceptors (Lipinski definition) is 10. The second kappa shape index (κ2) is 20.2. The van der Waals surface area contributed by atoms with Gasteiger partial charge in [0.05, 0.1) is 11.1 Å². The van der Waals surface area contributed by atoms with Gasteiger partial charge in [-0.25, -0.2) is 0 Å². The molecule has 0 bridgehead atoms. The number of phenolic OH excluding ortho intramolecular Hbond substituents is 4. The number of rotatable bonds is 20. The normalized spacial score (nSPS) is 10.8. The molecule has 14 nitrogen and oxygen atoms in total. The standard InChI is InChI=1S/C30H42IN5O9/c31-36(45)20-4-1-2-15-32-25(39)13-14-26(40)35(19-8-17-34-30(44)22-10-7-12-24(38)28(22)42)18-5-3-16-33-29(43)21-9-6-11-23(37)27(21)41/h6-7,9-12,37-38,41-42,45H,1-5,8,13-20H2,(H,32,39)(H,33,43)(H,34,44). The van der Waals surface area contributed by atoms with Gasteiger partial charge in [0.25, 0.3) is 11.8 Å². The van der Waals surface area contributed by atoms with Gasteiger partial charge in [0.2, 0.25) is 11.8 Å². The van der Waals surface area contributed by atoms with Crippen molar-refractivity contribution in [2.75, 3.05) is 39.3 Å². The largest absolute Gasteiger partial charge is 0.504 e. The summed E-state index contributed by atoms with van der Waals surface area (Å²) in [7, 11) is 0. The maximum Gasteiger partial charge on any atom is 0.255 e. The highest BCUT2D eigenvalue weighted by Crippen LogP contribution is 2.28. The molecule has 0 spiro atoms. The van der Waals surface area contributed by atoms with Gasteiger partial charge in [-0.1, -0.05) is 18.6 Å². The number of hydroxylamine groups is 1. The lowest BCUT2D eigenvalue weighted by Gasteiger charge is -2.23. The predicted octanol–water partition coefficient (Wildman–Crippen LogP) is 2.78. The molecule has 248 valence electrons. The zero-order valence-electron chi connectivity index (χ0n) is 25.0. The molecule has 0 radical (unpaired) electrons. The molecule has 0 unspecified atom stereocenters. The van der Waals surface area contributed by atoms with E-state index >= 15 is 0 Å². The van der Waals surface area contributed by atoms with Crippen molar-refractivity contribution >= 4 is 46.5 Å². The van der Waals surface area contributed by atoms with E-state index in [0.717, 1.165) is 22.5 Å². The lowest BCUT2D eigenvalue weighted by Crippen LogP contribution is -2.36. The van der Waals surface area contributed by atoms with Crippen molar-refractivity contribution in [1.29, 1.82) is 0 Å². The number of aromatic hydroxyl groups is 4. The molecule has 4 amide bonds. The zero-order chi connectivity index (χ0) is 33.2. The van der Waals surface area contributed by atoms with Gasteiger partial charge in [-0.15, -0.1) is 3.28 Å². The Hall–Kier alpha value is -3.83. The first-order valence-corrected chi connectivity index (χ1v) is 15.7. The van der Waals surface area contributed by atoms with Gasteiger partial charge in [-0.05, 0) is 56.4 Å². The van der Waals surface area contributed by atoms with Crippen molar-refractivity contribution in [2.45, 2.75) is 51.4 Å². The Kier molecular flexibility index (Phi) is 16.8. The first-order valence-electron chi connectivity index (χ1n) is 14.8. The molecule has 0 fully saturated rings. The smallest absolute Gasteiger partial charge is 0.255 e. The van der Waals surface area contributed by atoms with Crippen LogP contribution in [0.2, 0.25) is 0 Å². The van der Waals surface area contributed by atoms with E-state index < -0.39 is 34.8 Å². The molecule has 0 aliphatic rings. The Morgan fingerprint density at radius 2 is 1.11 bits per heavy atom. The van der Waals surface area contributed by atoms with E-state index in [-0.39, 0.29) is 55.4 Å². The van der Waals surface area contributed by atoms with Crippen LogP contribution in [0, 0.1) is 0 Å². The van der Waals surface area contributed by atoms with Crippen LogP contribution in [0.25, 0.3) is 0 Å². The highest BCUT2D eigenvalue weighted by atomic mass is 127. The molecule has 2 aromatic rings. The van der Waals surface area contributed by atoms with Crippen LogP contribution in [0.1, 0.15) is 72.1 Å². The average Bonchev–Trinajstić information content (AvgIpc) is 3.00. The van der Waals surface area contributed by atoms with Crippen molar-refractivity contribution in [3.8, 4) is 23.0 Å². The number of nitrogens with zero attached hydrogens (tertiary/aromatic N) is 2. The Morgan fingerprint density at radius 1 is 0.622 bits per heavy atom. The number of carbonyl (C=O) groups excluding carboxylic acids is 4. The summed E-state index contributed by atoms with van der Waals surface area (Å²) in [5.41, 5.74) is -0.126. The average molecular weight is 744 g/mol. The van der Waals surface area contributed by atoms with Crippen LogP contribution in [0.5, 0.6) is 23.0 Å². The third-order valence-electron chi connectivity index (χ3n) is 6.81. The summed E-state index contributed by atoms with van der Waals surface area (Å²) in [5, 5.41) is 56.3. The van der Waals surface area contributed by atoms with Gasteiger partial charge in [-0.3, -0.25) is 19.2 Å². The first kappa shape index (κ1) is 37.4. The summed E-state index contributed by atoms with van der Waals surface area (Å²) in [6.07, 6.45) is 3.82. The first-order chi connectivity index (χ1) is 21.5. The van der Waals surface area contributed by atoms with E-state index in [2.05, 4.69) is 16.0 Å². The number of phenols is 4. The Labute approximate surface area is 275 Å². The lowest BCUT2D eigenvalue weighted by molar-refractivity contribution is -0.133. The maximum atomic E-state index is 13.0. The Balaban J connectivity index is 1.83. The van der Waals surface area contributed by atoms with Gasteiger partial charge < -0.3 is 46.5 Å². The third-order valence-corrected chi connectivity index (χ3v) is 7.29. The Morgan fingerprint density at radius 3 is 1.69 bits per heavy atom. The fourth-order valence-electron chi connectivity index (χ4n) is 4.32. The number of unbranched alkanes of at least 4 members (excludes halogenated alkanes) is 3. The highest BCUT2D eigenvalue weighted by Gasteiger charge is 2.17. The number of hydrogen-bond donors (Lipinski definition) is 8. The van der Waals surface area contributed by atoms with Crippen LogP contribution >= 0.6 is 22.9 Å². The second-order valence-electron chi connectivity index (χ2n) is 10.3. The summed E-state index contributed by atoms with van der Waals surface area (Å²) in [5.74, 6) is -3.42. The third kappa shape index (κ3) is 13.8. The molecule has 2 rings (SSSR count). The van der Waals surface area contributed by atoms with Crippen molar-refractivity contribution in [1.82, 2.24) is 24.1 Å². The summed E-state index contributed by atoms with van der Waals surface area (Å²) >= 11 is 1.79. The molecule has 15 heteroatoms. The summed E-state index contributed by atoms with van der Waals surface area (Å²) in [6.45, 7) is 2.09. The SMILES string of the molecule is O=C(CCC(=O)N(CCCCNC(=O)c1cccc(O)c1O)CCCNC(=O)c1cccc(O)c1O)NCCCCCN(O)I. The van der Waals surface area contributed by atoms with Gasteiger partial charge in [0, 0.05) is 75.0 Å². The van der Waals surface area contributed by atoms with Crippen LogP contribution in [0.4, 0.5) is 0 Å². The number of carbonyl (C=O) groups is 4. The molecule has 0 aromatic heterocycles.